The zero-order valence-electron chi connectivity index (χ0n) is 10.6. The van der Waals surface area contributed by atoms with Gasteiger partial charge in [-0.1, -0.05) is 0 Å². The third-order valence-electron chi connectivity index (χ3n) is 3.22. The van der Waals surface area contributed by atoms with Gasteiger partial charge in [0.05, 0.1) is 5.56 Å². The summed E-state index contributed by atoms with van der Waals surface area (Å²) in [6.07, 6.45) is 1.66. The minimum absolute atomic E-state index is 0.0769. The number of hydrogen-bond donors (Lipinski definition) is 0. The number of rotatable bonds is 3. The molecule has 0 spiro atoms. The molecule has 5 heteroatoms. The maximum Gasteiger partial charge on any atom is 0.255 e. The van der Waals surface area contributed by atoms with Gasteiger partial charge in [-0.05, 0) is 19.1 Å². The molecule has 1 aromatic heterocycles. The van der Waals surface area contributed by atoms with Gasteiger partial charge in [0, 0.05) is 50.5 Å². The zero-order chi connectivity index (χ0) is 13.0. The van der Waals surface area contributed by atoms with Crippen molar-refractivity contribution in [3.05, 3.63) is 29.6 Å². The van der Waals surface area contributed by atoms with Crippen LogP contribution in [0.15, 0.2) is 18.3 Å². The summed E-state index contributed by atoms with van der Waals surface area (Å²) in [5.41, 5.74) is 1.60. The Morgan fingerprint density at radius 1 is 1.33 bits per heavy atom. The second-order valence-corrected chi connectivity index (χ2v) is 4.89. The van der Waals surface area contributed by atoms with E-state index in [1.807, 2.05) is 24.0 Å². The van der Waals surface area contributed by atoms with Crippen LogP contribution in [0.25, 0.3) is 0 Å². The van der Waals surface area contributed by atoms with Crippen molar-refractivity contribution in [2.75, 3.05) is 38.6 Å². The van der Waals surface area contributed by atoms with E-state index in [0.29, 0.717) is 11.4 Å². The normalized spacial score (nSPS) is 16.9. The fourth-order valence-electron chi connectivity index (χ4n) is 2.07. The molecule has 0 radical (unpaired) electrons. The SMILES string of the molecule is Cc1ccc(C(=O)N2CCN(CCCl)CC2)cn1. The van der Waals surface area contributed by atoms with Gasteiger partial charge in [0.1, 0.15) is 0 Å². The lowest BCUT2D eigenvalue weighted by atomic mass is 10.2. The minimum atomic E-state index is 0.0769. The summed E-state index contributed by atoms with van der Waals surface area (Å²) in [5, 5.41) is 0. The van der Waals surface area contributed by atoms with Gasteiger partial charge in [0.15, 0.2) is 0 Å². The lowest BCUT2D eigenvalue weighted by Crippen LogP contribution is -2.49. The van der Waals surface area contributed by atoms with Crippen molar-refractivity contribution >= 4 is 17.5 Å². The first kappa shape index (κ1) is 13.3. The summed E-state index contributed by atoms with van der Waals surface area (Å²) in [4.78, 5) is 20.5. The van der Waals surface area contributed by atoms with Gasteiger partial charge in [0.2, 0.25) is 0 Å². The van der Waals surface area contributed by atoms with E-state index >= 15 is 0 Å². The number of carbonyl (C=O) groups is 1. The van der Waals surface area contributed by atoms with Crippen LogP contribution in [0, 0.1) is 6.92 Å². The summed E-state index contributed by atoms with van der Waals surface area (Å²) in [7, 11) is 0. The number of pyridine rings is 1. The van der Waals surface area contributed by atoms with Crippen molar-refractivity contribution in [3.63, 3.8) is 0 Å². The lowest BCUT2D eigenvalue weighted by molar-refractivity contribution is 0.0644. The Balaban J connectivity index is 1.93. The second-order valence-electron chi connectivity index (χ2n) is 4.51. The number of piperazine rings is 1. The van der Waals surface area contributed by atoms with Crippen LogP contribution in [0.1, 0.15) is 16.1 Å². The molecule has 1 saturated heterocycles. The summed E-state index contributed by atoms with van der Waals surface area (Å²) in [5.74, 6) is 0.726. The topological polar surface area (TPSA) is 36.4 Å². The molecule has 4 nitrogen and oxygen atoms in total. The lowest BCUT2D eigenvalue weighted by Gasteiger charge is -2.34. The number of carbonyl (C=O) groups excluding carboxylic acids is 1. The first-order valence-corrected chi connectivity index (χ1v) is 6.74. The number of amides is 1. The average molecular weight is 268 g/mol. The first-order chi connectivity index (χ1) is 8.70. The van der Waals surface area contributed by atoms with Crippen LogP contribution in [-0.4, -0.2) is 59.3 Å². The van der Waals surface area contributed by atoms with E-state index in [1.165, 1.54) is 0 Å². The van der Waals surface area contributed by atoms with E-state index < -0.39 is 0 Å². The van der Waals surface area contributed by atoms with E-state index in [4.69, 9.17) is 11.6 Å². The fourth-order valence-corrected chi connectivity index (χ4v) is 2.31. The van der Waals surface area contributed by atoms with Crippen molar-refractivity contribution in [2.45, 2.75) is 6.92 Å². The number of nitrogens with zero attached hydrogens (tertiary/aromatic N) is 3. The van der Waals surface area contributed by atoms with Gasteiger partial charge in [-0.3, -0.25) is 14.7 Å². The molecule has 1 aliphatic heterocycles. The fraction of sp³-hybridized carbons (Fsp3) is 0.538. The van der Waals surface area contributed by atoms with Crippen LogP contribution in [0.2, 0.25) is 0 Å². The van der Waals surface area contributed by atoms with E-state index in [9.17, 15) is 4.79 Å². The molecule has 18 heavy (non-hydrogen) atoms. The standard InChI is InChI=1S/C13H18ClN3O/c1-11-2-3-12(10-15-11)13(18)17-8-6-16(5-4-14)7-9-17/h2-3,10H,4-9H2,1H3. The molecule has 2 heterocycles. The van der Waals surface area contributed by atoms with E-state index in [2.05, 4.69) is 9.88 Å². The molecule has 0 aliphatic carbocycles. The van der Waals surface area contributed by atoms with Crippen LogP contribution in [0.4, 0.5) is 0 Å². The predicted molar refractivity (Wildman–Crippen MR) is 72.0 cm³/mol. The highest BCUT2D eigenvalue weighted by Gasteiger charge is 2.21. The largest absolute Gasteiger partial charge is 0.336 e. The number of aromatic nitrogens is 1. The summed E-state index contributed by atoms with van der Waals surface area (Å²) in [6, 6.07) is 3.72. The van der Waals surface area contributed by atoms with Crippen LogP contribution in [0.5, 0.6) is 0 Å². The molecule has 98 valence electrons. The van der Waals surface area contributed by atoms with Crippen molar-refractivity contribution in [1.82, 2.24) is 14.8 Å². The summed E-state index contributed by atoms with van der Waals surface area (Å²) in [6.45, 7) is 6.15. The highest BCUT2D eigenvalue weighted by Crippen LogP contribution is 2.08. The van der Waals surface area contributed by atoms with Gasteiger partial charge in [-0.2, -0.15) is 0 Å². The molecule has 0 aromatic carbocycles. The van der Waals surface area contributed by atoms with Gasteiger partial charge >= 0.3 is 0 Å². The molecule has 0 bridgehead atoms. The molecule has 0 saturated carbocycles. The molecule has 0 atom stereocenters. The van der Waals surface area contributed by atoms with E-state index in [0.717, 1.165) is 38.4 Å². The van der Waals surface area contributed by atoms with Gasteiger partial charge in [0.25, 0.3) is 5.91 Å². The predicted octanol–water partition coefficient (Wildman–Crippen LogP) is 1.39. The third kappa shape index (κ3) is 3.21. The van der Waals surface area contributed by atoms with Gasteiger partial charge < -0.3 is 4.90 Å². The molecule has 0 unspecified atom stereocenters. The molecule has 2 rings (SSSR count). The summed E-state index contributed by atoms with van der Waals surface area (Å²) < 4.78 is 0. The Morgan fingerprint density at radius 2 is 2.06 bits per heavy atom. The Bertz CT molecular complexity index is 399. The third-order valence-corrected chi connectivity index (χ3v) is 3.39. The van der Waals surface area contributed by atoms with E-state index in [1.54, 1.807) is 6.20 Å². The average Bonchev–Trinajstić information content (AvgIpc) is 2.40. The smallest absolute Gasteiger partial charge is 0.255 e. The maximum atomic E-state index is 12.2. The molecular formula is C13H18ClN3O. The molecule has 1 fully saturated rings. The Labute approximate surface area is 113 Å². The molecule has 1 amide bonds. The number of aryl methyl sites for hydroxylation is 1. The molecular weight excluding hydrogens is 250 g/mol. The Kier molecular flexibility index (Phi) is 4.55. The quantitative estimate of drug-likeness (QED) is 0.777. The second kappa shape index (κ2) is 6.16. The summed E-state index contributed by atoms with van der Waals surface area (Å²) >= 11 is 5.71. The Morgan fingerprint density at radius 3 is 2.61 bits per heavy atom. The van der Waals surface area contributed by atoms with Crippen molar-refractivity contribution in [3.8, 4) is 0 Å². The molecule has 1 aromatic rings. The van der Waals surface area contributed by atoms with E-state index in [-0.39, 0.29) is 5.91 Å². The minimum Gasteiger partial charge on any atom is -0.336 e. The van der Waals surface area contributed by atoms with Gasteiger partial charge in [-0.15, -0.1) is 11.6 Å². The zero-order valence-corrected chi connectivity index (χ0v) is 11.4. The Hall–Kier alpha value is -1.13. The number of hydrogen-bond acceptors (Lipinski definition) is 3. The van der Waals surface area contributed by atoms with Gasteiger partial charge in [-0.25, -0.2) is 0 Å². The maximum absolute atomic E-state index is 12.2. The highest BCUT2D eigenvalue weighted by atomic mass is 35.5. The van der Waals surface area contributed by atoms with Crippen molar-refractivity contribution in [1.29, 1.82) is 0 Å². The number of alkyl halides is 1. The molecule has 1 aliphatic rings. The van der Waals surface area contributed by atoms with Crippen LogP contribution < -0.4 is 0 Å². The van der Waals surface area contributed by atoms with Crippen molar-refractivity contribution < 1.29 is 4.79 Å². The van der Waals surface area contributed by atoms with Crippen molar-refractivity contribution in [2.24, 2.45) is 0 Å². The monoisotopic (exact) mass is 267 g/mol. The van der Waals surface area contributed by atoms with Crippen LogP contribution in [0.3, 0.4) is 0 Å². The number of halogens is 1. The molecule has 0 N–H and O–H groups in total. The first-order valence-electron chi connectivity index (χ1n) is 6.21. The van der Waals surface area contributed by atoms with Crippen LogP contribution >= 0.6 is 11.6 Å². The highest BCUT2D eigenvalue weighted by molar-refractivity contribution is 6.18. The van der Waals surface area contributed by atoms with Crippen LogP contribution in [-0.2, 0) is 0 Å².